The van der Waals surface area contributed by atoms with Crippen molar-refractivity contribution in [1.29, 1.82) is 0 Å². The molecule has 1 amide bonds. The molecule has 2 aromatic rings. The molecule has 0 saturated heterocycles. The third kappa shape index (κ3) is 3.30. The highest BCUT2D eigenvalue weighted by molar-refractivity contribution is 6.30. The smallest absolute Gasteiger partial charge is 0.221 e. The number of carbonyl (C=O) groups is 1. The minimum Gasteiger partial charge on any atom is -0.352 e. The Labute approximate surface area is 179 Å². The summed E-state index contributed by atoms with van der Waals surface area (Å²) in [6.45, 7) is 3.04. The van der Waals surface area contributed by atoms with Gasteiger partial charge >= 0.3 is 0 Å². The van der Waals surface area contributed by atoms with Crippen molar-refractivity contribution in [3.05, 3.63) is 70.7 Å². The van der Waals surface area contributed by atoms with Crippen LogP contribution in [0.4, 0.5) is 0 Å². The Morgan fingerprint density at radius 1 is 0.966 bits per heavy atom. The molecule has 0 radical (unpaired) electrons. The molecular formula is C26H30ClNO. The van der Waals surface area contributed by atoms with Crippen LogP contribution < -0.4 is 5.32 Å². The monoisotopic (exact) mass is 407 g/mol. The maximum Gasteiger partial charge on any atom is 0.221 e. The maximum absolute atomic E-state index is 13.2. The van der Waals surface area contributed by atoms with Gasteiger partial charge in [0.15, 0.2) is 0 Å². The van der Waals surface area contributed by atoms with Gasteiger partial charge in [-0.05, 0) is 78.5 Å². The Morgan fingerprint density at radius 3 is 2.14 bits per heavy atom. The lowest BCUT2D eigenvalue weighted by atomic mass is 9.41. The second-order valence-corrected chi connectivity index (χ2v) is 10.1. The summed E-state index contributed by atoms with van der Waals surface area (Å²) in [6, 6.07) is 18.7. The number of amides is 1. The lowest BCUT2D eigenvalue weighted by Crippen LogP contribution is -2.59. The molecule has 0 aliphatic heterocycles. The van der Waals surface area contributed by atoms with E-state index in [1.165, 1.54) is 31.2 Å². The van der Waals surface area contributed by atoms with Gasteiger partial charge in [-0.25, -0.2) is 0 Å². The quantitative estimate of drug-likeness (QED) is 0.648. The highest BCUT2D eigenvalue weighted by Crippen LogP contribution is 2.65. The van der Waals surface area contributed by atoms with Gasteiger partial charge in [0, 0.05) is 23.4 Å². The van der Waals surface area contributed by atoms with E-state index in [4.69, 9.17) is 11.6 Å². The summed E-state index contributed by atoms with van der Waals surface area (Å²) >= 11 is 5.98. The van der Waals surface area contributed by atoms with Gasteiger partial charge < -0.3 is 5.32 Å². The lowest BCUT2D eigenvalue weighted by Gasteiger charge is -2.63. The van der Waals surface area contributed by atoms with Crippen LogP contribution in [0.25, 0.3) is 0 Å². The van der Waals surface area contributed by atoms with Gasteiger partial charge in [-0.3, -0.25) is 4.79 Å². The molecule has 6 rings (SSSR count). The zero-order valence-electron chi connectivity index (χ0n) is 17.1. The Hall–Kier alpha value is -1.80. The summed E-state index contributed by atoms with van der Waals surface area (Å²) in [4.78, 5) is 13.2. The van der Waals surface area contributed by atoms with E-state index in [-0.39, 0.29) is 11.3 Å². The molecule has 0 unspecified atom stereocenters. The van der Waals surface area contributed by atoms with E-state index in [9.17, 15) is 4.79 Å². The van der Waals surface area contributed by atoms with Crippen molar-refractivity contribution in [3.8, 4) is 0 Å². The highest BCUT2D eigenvalue weighted by Gasteiger charge is 2.60. The van der Waals surface area contributed by atoms with E-state index >= 15 is 0 Å². The van der Waals surface area contributed by atoms with E-state index in [2.05, 4.69) is 42.6 Å². The van der Waals surface area contributed by atoms with Crippen molar-refractivity contribution in [1.82, 2.24) is 5.32 Å². The molecule has 4 fully saturated rings. The number of halogens is 1. The van der Waals surface area contributed by atoms with Gasteiger partial charge in [-0.1, -0.05) is 61.0 Å². The van der Waals surface area contributed by atoms with E-state index < -0.39 is 0 Å². The molecule has 0 heterocycles. The highest BCUT2D eigenvalue weighted by atomic mass is 35.5. The molecule has 0 atom stereocenters. The topological polar surface area (TPSA) is 29.1 Å². The molecule has 29 heavy (non-hydrogen) atoms. The Balaban J connectivity index is 1.39. The number of nitrogens with one attached hydrogen (secondary N) is 1. The first-order chi connectivity index (χ1) is 14.1. The normalized spacial score (nSPS) is 34.9. The van der Waals surface area contributed by atoms with Crippen LogP contribution in [0.2, 0.25) is 5.02 Å². The summed E-state index contributed by atoms with van der Waals surface area (Å²) < 4.78 is 0. The van der Waals surface area contributed by atoms with E-state index in [0.29, 0.717) is 24.8 Å². The third-order valence-corrected chi connectivity index (χ3v) is 8.71. The van der Waals surface area contributed by atoms with Crippen LogP contribution in [-0.4, -0.2) is 5.91 Å². The average Bonchev–Trinajstić information content (AvgIpc) is 2.72. The molecule has 0 aromatic heterocycles. The molecule has 2 nitrogen and oxygen atoms in total. The lowest BCUT2D eigenvalue weighted by molar-refractivity contribution is -0.133. The van der Waals surface area contributed by atoms with Crippen molar-refractivity contribution in [3.63, 3.8) is 0 Å². The van der Waals surface area contributed by atoms with Crippen molar-refractivity contribution in [2.45, 2.75) is 51.0 Å². The third-order valence-electron chi connectivity index (χ3n) is 8.46. The predicted molar refractivity (Wildman–Crippen MR) is 118 cm³/mol. The second kappa shape index (κ2) is 7.47. The fraction of sp³-hybridized carbons (Fsp3) is 0.500. The Morgan fingerprint density at radius 2 is 1.55 bits per heavy atom. The van der Waals surface area contributed by atoms with Gasteiger partial charge in [-0.15, -0.1) is 0 Å². The van der Waals surface area contributed by atoms with Crippen LogP contribution in [0.3, 0.4) is 0 Å². The molecule has 0 spiro atoms. The minimum atomic E-state index is 0.0124. The van der Waals surface area contributed by atoms with Gasteiger partial charge in [0.25, 0.3) is 0 Å². The van der Waals surface area contributed by atoms with Crippen LogP contribution in [-0.2, 0) is 16.8 Å². The van der Waals surface area contributed by atoms with Crippen LogP contribution in [0.1, 0.15) is 50.2 Å². The number of benzene rings is 2. The van der Waals surface area contributed by atoms with Crippen molar-refractivity contribution < 1.29 is 4.79 Å². The van der Waals surface area contributed by atoms with Gasteiger partial charge in [0.2, 0.25) is 5.91 Å². The molecular weight excluding hydrogens is 378 g/mol. The molecule has 2 aromatic carbocycles. The fourth-order valence-corrected chi connectivity index (χ4v) is 7.13. The summed E-state index contributed by atoms with van der Waals surface area (Å²) in [5.41, 5.74) is 2.50. The molecule has 4 aliphatic carbocycles. The van der Waals surface area contributed by atoms with Crippen molar-refractivity contribution >= 4 is 17.5 Å². The first-order valence-electron chi connectivity index (χ1n) is 11.1. The zero-order valence-corrected chi connectivity index (χ0v) is 17.9. The fourth-order valence-electron chi connectivity index (χ4n) is 7.01. The van der Waals surface area contributed by atoms with Crippen LogP contribution >= 0.6 is 11.6 Å². The van der Waals surface area contributed by atoms with E-state index in [1.807, 2.05) is 24.3 Å². The molecule has 1 N–H and O–H groups in total. The van der Waals surface area contributed by atoms with Crippen LogP contribution in [0.15, 0.2) is 54.6 Å². The maximum atomic E-state index is 13.2. The largest absolute Gasteiger partial charge is 0.352 e. The standard InChI is InChI=1S/C26H30ClNO/c1-17-19-11-22-13-20(17)14-23(12-19)26(22,21-5-3-2-4-6-21)15-25(29)28-16-18-7-9-24(27)10-8-18/h2-10,17,19-20,22-23H,11-16H2,1H3,(H,28,29). The van der Waals surface area contributed by atoms with Crippen LogP contribution in [0.5, 0.6) is 0 Å². The number of hydrogen-bond donors (Lipinski definition) is 1. The average molecular weight is 408 g/mol. The van der Waals surface area contributed by atoms with Crippen molar-refractivity contribution in [2.24, 2.45) is 29.6 Å². The van der Waals surface area contributed by atoms with E-state index in [0.717, 1.165) is 28.3 Å². The van der Waals surface area contributed by atoms with Crippen molar-refractivity contribution in [2.75, 3.05) is 0 Å². The number of carbonyl (C=O) groups excluding carboxylic acids is 1. The van der Waals surface area contributed by atoms with Gasteiger partial charge in [0.1, 0.15) is 0 Å². The molecule has 4 bridgehead atoms. The van der Waals surface area contributed by atoms with Gasteiger partial charge in [0.05, 0.1) is 0 Å². The Bertz CT molecular complexity index is 845. The van der Waals surface area contributed by atoms with Crippen LogP contribution in [0, 0.1) is 29.6 Å². The second-order valence-electron chi connectivity index (χ2n) is 9.70. The SMILES string of the molecule is CC1C2CC3CC1CC(C2)C3(CC(=O)NCc1ccc(Cl)cc1)c1ccccc1. The summed E-state index contributed by atoms with van der Waals surface area (Å²) in [5, 5.41) is 3.93. The first kappa shape index (κ1) is 19.2. The number of rotatable bonds is 5. The summed E-state index contributed by atoms with van der Waals surface area (Å²) in [6.07, 6.45) is 5.82. The summed E-state index contributed by atoms with van der Waals surface area (Å²) in [7, 11) is 0. The first-order valence-corrected chi connectivity index (χ1v) is 11.5. The molecule has 3 heteroatoms. The van der Waals surface area contributed by atoms with Gasteiger partial charge in [-0.2, -0.15) is 0 Å². The van der Waals surface area contributed by atoms with E-state index in [1.54, 1.807) is 0 Å². The summed E-state index contributed by atoms with van der Waals surface area (Å²) in [5.74, 6) is 4.08. The number of hydrogen-bond acceptors (Lipinski definition) is 1. The minimum absolute atomic E-state index is 0.0124. The predicted octanol–water partition coefficient (Wildman–Crippen LogP) is 5.99. The zero-order chi connectivity index (χ0) is 20.0. The molecule has 4 aliphatic rings. The Kier molecular flexibility index (Phi) is 4.94. The molecule has 152 valence electrons. The molecule has 4 saturated carbocycles.